The van der Waals surface area contributed by atoms with Crippen molar-refractivity contribution in [1.29, 1.82) is 0 Å². The zero-order chi connectivity index (χ0) is 13.9. The first kappa shape index (κ1) is 14.1. The lowest BCUT2D eigenvalue weighted by Gasteiger charge is -2.39. The minimum absolute atomic E-state index is 0.514. The maximum atomic E-state index is 3.59. The molecule has 0 aromatic heterocycles. The van der Waals surface area contributed by atoms with Crippen LogP contribution >= 0.6 is 0 Å². The molecule has 0 spiro atoms. The zero-order valence-electron chi connectivity index (χ0n) is 12.9. The molecule has 1 aliphatic heterocycles. The highest BCUT2D eigenvalue weighted by molar-refractivity contribution is 5.34. The molecule has 2 aliphatic rings. The van der Waals surface area contributed by atoms with Gasteiger partial charge < -0.3 is 5.32 Å². The summed E-state index contributed by atoms with van der Waals surface area (Å²) in [4.78, 5) is 2.76. The second-order valence-corrected chi connectivity index (χ2v) is 6.51. The van der Waals surface area contributed by atoms with E-state index in [9.17, 15) is 0 Å². The van der Waals surface area contributed by atoms with E-state index in [2.05, 4.69) is 48.5 Å². The monoisotopic (exact) mass is 272 g/mol. The van der Waals surface area contributed by atoms with Crippen LogP contribution in [0.1, 0.15) is 49.8 Å². The van der Waals surface area contributed by atoms with Crippen molar-refractivity contribution in [3.05, 3.63) is 35.4 Å². The van der Waals surface area contributed by atoms with Gasteiger partial charge in [0.05, 0.1) is 0 Å². The first-order valence-corrected chi connectivity index (χ1v) is 8.32. The van der Waals surface area contributed by atoms with E-state index in [4.69, 9.17) is 0 Å². The maximum absolute atomic E-state index is 3.59. The van der Waals surface area contributed by atoms with Crippen LogP contribution in [0.15, 0.2) is 24.3 Å². The fraction of sp³-hybridized carbons (Fsp3) is 0.667. The molecular formula is C18H28N2. The van der Waals surface area contributed by atoms with Crippen LogP contribution in [0.2, 0.25) is 0 Å². The lowest BCUT2D eigenvalue weighted by molar-refractivity contribution is 0.170. The average Bonchev–Trinajstić information content (AvgIpc) is 2.95. The Morgan fingerprint density at radius 2 is 2.10 bits per heavy atom. The Morgan fingerprint density at radius 1 is 1.25 bits per heavy atom. The summed E-state index contributed by atoms with van der Waals surface area (Å²) in [6.45, 7) is 4.93. The predicted molar refractivity (Wildman–Crippen MR) is 84.9 cm³/mol. The van der Waals surface area contributed by atoms with E-state index in [0.29, 0.717) is 12.1 Å². The molecule has 0 bridgehead atoms. The molecule has 20 heavy (non-hydrogen) atoms. The van der Waals surface area contributed by atoms with Crippen molar-refractivity contribution in [2.75, 3.05) is 20.1 Å². The Labute approximate surface area is 123 Å². The molecule has 0 saturated carbocycles. The highest BCUT2D eigenvalue weighted by Gasteiger charge is 2.35. The van der Waals surface area contributed by atoms with Gasteiger partial charge in [0.15, 0.2) is 0 Å². The van der Waals surface area contributed by atoms with Crippen LogP contribution in [0.5, 0.6) is 0 Å². The third-order valence-corrected chi connectivity index (χ3v) is 5.28. The second kappa shape index (κ2) is 6.28. The summed E-state index contributed by atoms with van der Waals surface area (Å²) in [5, 5.41) is 3.59. The molecule has 3 rings (SSSR count). The van der Waals surface area contributed by atoms with E-state index < -0.39 is 0 Å². The van der Waals surface area contributed by atoms with Gasteiger partial charge in [0.25, 0.3) is 0 Å². The summed E-state index contributed by atoms with van der Waals surface area (Å²) in [6.07, 6.45) is 6.70. The molecule has 3 atom stereocenters. The van der Waals surface area contributed by atoms with Gasteiger partial charge in [-0.25, -0.2) is 0 Å². The van der Waals surface area contributed by atoms with Crippen LogP contribution in [0.3, 0.4) is 0 Å². The molecule has 1 aliphatic carbocycles. The molecule has 0 radical (unpaired) electrons. The number of aryl methyl sites for hydroxylation is 1. The number of hydrogen-bond acceptors (Lipinski definition) is 2. The van der Waals surface area contributed by atoms with Gasteiger partial charge in [0.2, 0.25) is 0 Å². The summed E-state index contributed by atoms with van der Waals surface area (Å²) in [6, 6.07) is 10.2. The van der Waals surface area contributed by atoms with Crippen LogP contribution in [-0.2, 0) is 6.42 Å². The first-order valence-electron chi connectivity index (χ1n) is 8.32. The van der Waals surface area contributed by atoms with Gasteiger partial charge in [-0.2, -0.15) is 0 Å². The van der Waals surface area contributed by atoms with E-state index >= 15 is 0 Å². The van der Waals surface area contributed by atoms with Crippen molar-refractivity contribution in [3.8, 4) is 0 Å². The molecule has 3 unspecified atom stereocenters. The van der Waals surface area contributed by atoms with Crippen LogP contribution in [0, 0.1) is 5.92 Å². The van der Waals surface area contributed by atoms with Gasteiger partial charge >= 0.3 is 0 Å². The van der Waals surface area contributed by atoms with Crippen LogP contribution in [-0.4, -0.2) is 31.1 Å². The molecule has 110 valence electrons. The fourth-order valence-corrected chi connectivity index (χ4v) is 4.29. The molecule has 1 aromatic rings. The Hall–Kier alpha value is -0.860. The maximum Gasteiger partial charge on any atom is 0.0478 e. The van der Waals surface area contributed by atoms with Crippen molar-refractivity contribution >= 4 is 0 Å². The normalized spacial score (nSPS) is 30.4. The summed E-state index contributed by atoms with van der Waals surface area (Å²) < 4.78 is 0. The van der Waals surface area contributed by atoms with E-state index in [1.165, 1.54) is 50.8 Å². The molecule has 1 N–H and O–H groups in total. The highest BCUT2D eigenvalue weighted by Crippen LogP contribution is 2.35. The minimum atomic E-state index is 0.514. The number of likely N-dealkylation sites (tertiary alicyclic amines) is 1. The lowest BCUT2D eigenvalue weighted by atomic mass is 9.83. The van der Waals surface area contributed by atoms with E-state index in [-0.39, 0.29) is 0 Å². The molecule has 2 nitrogen and oxygen atoms in total. The fourth-order valence-electron chi connectivity index (χ4n) is 4.29. The molecule has 1 heterocycles. The van der Waals surface area contributed by atoms with Gasteiger partial charge in [-0.3, -0.25) is 4.90 Å². The highest BCUT2D eigenvalue weighted by atomic mass is 15.2. The van der Waals surface area contributed by atoms with Gasteiger partial charge in [-0.15, -0.1) is 0 Å². The first-order chi connectivity index (χ1) is 9.83. The standard InChI is InChI=1S/C18H28N2/c1-3-6-14-11-12-20(13-14)17-10-9-15-7-4-5-8-16(15)18(17)19-2/h4-5,7-8,14,17-19H,3,6,9-13H2,1-2H3. The summed E-state index contributed by atoms with van der Waals surface area (Å²) in [5.41, 5.74) is 3.08. The van der Waals surface area contributed by atoms with Crippen molar-refractivity contribution < 1.29 is 0 Å². The topological polar surface area (TPSA) is 15.3 Å². The number of fused-ring (bicyclic) bond motifs is 1. The predicted octanol–water partition coefficient (Wildman–Crippen LogP) is 3.38. The summed E-state index contributed by atoms with van der Waals surface area (Å²) in [7, 11) is 2.12. The molecule has 0 amide bonds. The number of rotatable bonds is 4. The van der Waals surface area contributed by atoms with E-state index in [1.54, 1.807) is 5.56 Å². The quantitative estimate of drug-likeness (QED) is 0.904. The minimum Gasteiger partial charge on any atom is -0.312 e. The van der Waals surface area contributed by atoms with Crippen molar-refractivity contribution in [2.45, 2.75) is 51.1 Å². The Bertz CT molecular complexity index is 443. The van der Waals surface area contributed by atoms with E-state index in [1.807, 2.05) is 0 Å². The Balaban J connectivity index is 1.75. The number of likely N-dealkylation sites (N-methyl/N-ethyl adjacent to an activating group) is 1. The molecule has 1 aromatic carbocycles. The molecule has 1 fully saturated rings. The third-order valence-electron chi connectivity index (χ3n) is 5.28. The van der Waals surface area contributed by atoms with Crippen molar-refractivity contribution in [1.82, 2.24) is 10.2 Å². The number of nitrogens with one attached hydrogen (secondary N) is 1. The summed E-state index contributed by atoms with van der Waals surface area (Å²) in [5.74, 6) is 0.940. The third kappa shape index (κ3) is 2.64. The smallest absolute Gasteiger partial charge is 0.0478 e. The molecule has 1 saturated heterocycles. The van der Waals surface area contributed by atoms with Crippen LogP contribution in [0.25, 0.3) is 0 Å². The number of nitrogens with zero attached hydrogens (tertiary/aromatic N) is 1. The second-order valence-electron chi connectivity index (χ2n) is 6.51. The largest absolute Gasteiger partial charge is 0.312 e. The average molecular weight is 272 g/mol. The van der Waals surface area contributed by atoms with E-state index in [0.717, 1.165) is 5.92 Å². The zero-order valence-corrected chi connectivity index (χ0v) is 12.9. The number of benzene rings is 1. The van der Waals surface area contributed by atoms with Crippen molar-refractivity contribution in [3.63, 3.8) is 0 Å². The molecular weight excluding hydrogens is 244 g/mol. The summed E-state index contributed by atoms with van der Waals surface area (Å²) >= 11 is 0. The Morgan fingerprint density at radius 3 is 2.90 bits per heavy atom. The molecule has 2 heteroatoms. The number of hydrogen-bond donors (Lipinski definition) is 1. The SMILES string of the molecule is CCCC1CCN(C2CCc3ccccc3C2NC)C1. The van der Waals surface area contributed by atoms with Crippen LogP contribution < -0.4 is 5.32 Å². The van der Waals surface area contributed by atoms with Gasteiger partial charge in [0, 0.05) is 18.6 Å². The van der Waals surface area contributed by atoms with Gasteiger partial charge in [-0.05, 0) is 56.3 Å². The van der Waals surface area contributed by atoms with Crippen LogP contribution in [0.4, 0.5) is 0 Å². The lowest BCUT2D eigenvalue weighted by Crippen LogP contribution is -2.45. The van der Waals surface area contributed by atoms with Gasteiger partial charge in [-0.1, -0.05) is 37.6 Å². The van der Waals surface area contributed by atoms with Crippen molar-refractivity contribution in [2.24, 2.45) is 5.92 Å². The Kier molecular flexibility index (Phi) is 4.42. The van der Waals surface area contributed by atoms with Gasteiger partial charge in [0.1, 0.15) is 0 Å².